The van der Waals surface area contributed by atoms with Crippen LogP contribution in [-0.2, 0) is 0 Å². The third-order valence-corrected chi connectivity index (χ3v) is 2.53. The van der Waals surface area contributed by atoms with Crippen LogP contribution in [0.2, 0.25) is 0 Å². The molecule has 0 saturated carbocycles. The highest BCUT2D eigenvalue weighted by Crippen LogP contribution is 2.31. The van der Waals surface area contributed by atoms with Crippen LogP contribution in [0.1, 0.15) is 20.8 Å². The van der Waals surface area contributed by atoms with E-state index in [9.17, 15) is 10.1 Å². The number of hydrogen-bond donors (Lipinski definition) is 1. The molecule has 1 aromatic rings. The average Bonchev–Trinajstić information content (AvgIpc) is 2.27. The zero-order chi connectivity index (χ0) is 13.0. The Morgan fingerprint density at radius 3 is 2.53 bits per heavy atom. The summed E-state index contributed by atoms with van der Waals surface area (Å²) in [5.74, 6) is 0.474. The number of nitrogens with zero attached hydrogens (tertiary/aromatic N) is 3. The van der Waals surface area contributed by atoms with E-state index < -0.39 is 4.92 Å². The number of ether oxygens (including phenoxy) is 1. The number of methoxy groups -OCH3 is 1. The summed E-state index contributed by atoms with van der Waals surface area (Å²) in [6.45, 7) is 5.97. The number of anilines is 1. The molecule has 7 heteroatoms. The molecule has 1 heterocycles. The van der Waals surface area contributed by atoms with Crippen molar-refractivity contribution in [2.45, 2.75) is 26.8 Å². The van der Waals surface area contributed by atoms with Gasteiger partial charge in [0, 0.05) is 6.04 Å². The van der Waals surface area contributed by atoms with Gasteiger partial charge in [-0.25, -0.2) is 4.98 Å². The summed E-state index contributed by atoms with van der Waals surface area (Å²) in [6.07, 6.45) is 1.24. The first-order valence-corrected chi connectivity index (χ1v) is 5.27. The molecule has 0 saturated heterocycles. The predicted octanol–water partition coefficient (Wildman–Crippen LogP) is 1.85. The summed E-state index contributed by atoms with van der Waals surface area (Å²) >= 11 is 0. The number of rotatable bonds is 5. The molecule has 1 atom stereocenters. The molecule has 17 heavy (non-hydrogen) atoms. The maximum Gasteiger partial charge on any atom is 0.372 e. The van der Waals surface area contributed by atoms with Crippen LogP contribution in [0, 0.1) is 16.0 Å². The first-order valence-electron chi connectivity index (χ1n) is 5.27. The molecule has 0 fully saturated rings. The molecule has 0 aliphatic carbocycles. The Kier molecular flexibility index (Phi) is 4.19. The number of nitrogens with one attached hydrogen (secondary N) is 1. The van der Waals surface area contributed by atoms with Gasteiger partial charge in [0.05, 0.1) is 12.0 Å². The maximum atomic E-state index is 11.0. The van der Waals surface area contributed by atoms with E-state index in [1.165, 1.54) is 13.4 Å². The van der Waals surface area contributed by atoms with Gasteiger partial charge in [-0.1, -0.05) is 13.8 Å². The quantitative estimate of drug-likeness (QED) is 0.624. The van der Waals surface area contributed by atoms with Crippen molar-refractivity contribution in [1.29, 1.82) is 0 Å². The van der Waals surface area contributed by atoms with Crippen molar-refractivity contribution < 1.29 is 9.66 Å². The summed E-state index contributed by atoms with van der Waals surface area (Å²) in [6, 6.07) is 0.0632. The monoisotopic (exact) mass is 240 g/mol. The van der Waals surface area contributed by atoms with Crippen molar-refractivity contribution >= 4 is 11.5 Å². The van der Waals surface area contributed by atoms with Crippen LogP contribution in [-0.4, -0.2) is 28.0 Å². The molecule has 0 radical (unpaired) electrons. The van der Waals surface area contributed by atoms with E-state index in [0.29, 0.717) is 5.92 Å². The van der Waals surface area contributed by atoms with Gasteiger partial charge in [0.1, 0.15) is 6.33 Å². The summed E-state index contributed by atoms with van der Waals surface area (Å²) in [7, 11) is 1.34. The molecule has 0 spiro atoms. The molecule has 1 aromatic heterocycles. The van der Waals surface area contributed by atoms with E-state index in [4.69, 9.17) is 4.74 Å². The zero-order valence-electron chi connectivity index (χ0n) is 10.3. The first-order chi connectivity index (χ1) is 7.97. The van der Waals surface area contributed by atoms with Crippen LogP contribution in [0.3, 0.4) is 0 Å². The minimum absolute atomic E-state index is 0.0385. The van der Waals surface area contributed by atoms with Crippen LogP contribution in [0.15, 0.2) is 6.33 Å². The Balaban J connectivity index is 3.10. The van der Waals surface area contributed by atoms with Crippen molar-refractivity contribution in [2.24, 2.45) is 5.92 Å². The number of aromatic nitrogens is 2. The lowest BCUT2D eigenvalue weighted by Gasteiger charge is -2.17. The molecular formula is C10H16N4O3. The Labute approximate surface area is 99.4 Å². The Hall–Kier alpha value is -1.92. The zero-order valence-corrected chi connectivity index (χ0v) is 10.3. The van der Waals surface area contributed by atoms with Crippen molar-refractivity contribution in [3.63, 3.8) is 0 Å². The minimum atomic E-state index is -0.547. The highest BCUT2D eigenvalue weighted by molar-refractivity contribution is 5.61. The molecule has 0 amide bonds. The molecular weight excluding hydrogens is 224 g/mol. The molecule has 1 rings (SSSR count). The molecule has 1 unspecified atom stereocenters. The van der Waals surface area contributed by atoms with E-state index >= 15 is 0 Å². The van der Waals surface area contributed by atoms with Gasteiger partial charge in [0.2, 0.25) is 5.82 Å². The molecule has 7 nitrogen and oxygen atoms in total. The Morgan fingerprint density at radius 2 is 2.06 bits per heavy atom. The standard InChI is InChI=1S/C10H16N4O3/c1-6(2)7(3)13-9-8(14(15)16)10(17-4)12-5-11-9/h5-7H,1-4H3,(H,11,12,13). The Bertz CT molecular complexity index is 409. The van der Waals surface area contributed by atoms with Gasteiger partial charge in [-0.05, 0) is 12.8 Å². The van der Waals surface area contributed by atoms with Gasteiger partial charge >= 0.3 is 5.69 Å². The van der Waals surface area contributed by atoms with E-state index in [1.807, 2.05) is 20.8 Å². The summed E-state index contributed by atoms with van der Waals surface area (Å²) < 4.78 is 4.86. The van der Waals surface area contributed by atoms with E-state index in [-0.39, 0.29) is 23.4 Å². The van der Waals surface area contributed by atoms with E-state index in [0.717, 1.165) is 0 Å². The fraction of sp³-hybridized carbons (Fsp3) is 0.600. The fourth-order valence-corrected chi connectivity index (χ4v) is 1.16. The second-order valence-electron chi connectivity index (χ2n) is 4.01. The predicted molar refractivity (Wildman–Crippen MR) is 63.2 cm³/mol. The van der Waals surface area contributed by atoms with Crippen LogP contribution < -0.4 is 10.1 Å². The molecule has 0 aliphatic rings. The molecule has 94 valence electrons. The van der Waals surface area contributed by atoms with Crippen LogP contribution >= 0.6 is 0 Å². The van der Waals surface area contributed by atoms with Crippen LogP contribution in [0.25, 0.3) is 0 Å². The van der Waals surface area contributed by atoms with Crippen molar-refractivity contribution in [3.8, 4) is 5.88 Å². The van der Waals surface area contributed by atoms with Gasteiger partial charge in [-0.2, -0.15) is 4.98 Å². The SMILES string of the molecule is COc1ncnc(NC(C)C(C)C)c1[N+](=O)[O-]. The molecule has 0 aromatic carbocycles. The average molecular weight is 240 g/mol. The van der Waals surface area contributed by atoms with Crippen molar-refractivity contribution in [1.82, 2.24) is 9.97 Å². The van der Waals surface area contributed by atoms with Crippen LogP contribution in [0.4, 0.5) is 11.5 Å². The van der Waals surface area contributed by atoms with Gasteiger partial charge in [-0.15, -0.1) is 0 Å². The smallest absolute Gasteiger partial charge is 0.372 e. The highest BCUT2D eigenvalue weighted by Gasteiger charge is 2.25. The van der Waals surface area contributed by atoms with E-state index in [1.54, 1.807) is 0 Å². The van der Waals surface area contributed by atoms with Crippen molar-refractivity contribution in [2.75, 3.05) is 12.4 Å². The molecule has 0 aliphatic heterocycles. The van der Waals surface area contributed by atoms with Gasteiger partial charge in [-0.3, -0.25) is 10.1 Å². The lowest BCUT2D eigenvalue weighted by Crippen LogP contribution is -2.23. The fourth-order valence-electron chi connectivity index (χ4n) is 1.16. The topological polar surface area (TPSA) is 90.2 Å². The lowest BCUT2D eigenvalue weighted by atomic mass is 10.1. The number of hydrogen-bond acceptors (Lipinski definition) is 6. The third kappa shape index (κ3) is 3.02. The highest BCUT2D eigenvalue weighted by atomic mass is 16.6. The molecule has 0 bridgehead atoms. The first kappa shape index (κ1) is 13.1. The van der Waals surface area contributed by atoms with Gasteiger partial charge < -0.3 is 10.1 Å². The van der Waals surface area contributed by atoms with Gasteiger partial charge in [0.25, 0.3) is 5.88 Å². The maximum absolute atomic E-state index is 11.0. The largest absolute Gasteiger partial charge is 0.476 e. The second kappa shape index (κ2) is 5.42. The third-order valence-electron chi connectivity index (χ3n) is 2.53. The summed E-state index contributed by atoms with van der Waals surface area (Å²) in [5, 5.41) is 14.0. The minimum Gasteiger partial charge on any atom is -0.476 e. The van der Waals surface area contributed by atoms with E-state index in [2.05, 4.69) is 15.3 Å². The summed E-state index contributed by atoms with van der Waals surface area (Å²) in [4.78, 5) is 18.0. The normalized spacial score (nSPS) is 12.3. The molecule has 1 N–H and O–H groups in total. The Morgan fingerprint density at radius 1 is 1.41 bits per heavy atom. The second-order valence-corrected chi connectivity index (χ2v) is 4.01. The van der Waals surface area contributed by atoms with Crippen molar-refractivity contribution in [3.05, 3.63) is 16.4 Å². The number of nitro groups is 1. The summed E-state index contributed by atoms with van der Waals surface area (Å²) in [5.41, 5.74) is -0.234. The lowest BCUT2D eigenvalue weighted by molar-refractivity contribution is -0.385. The van der Waals surface area contributed by atoms with Crippen LogP contribution in [0.5, 0.6) is 5.88 Å². The van der Waals surface area contributed by atoms with Gasteiger partial charge in [0.15, 0.2) is 0 Å².